The third-order valence-corrected chi connectivity index (χ3v) is 3.73. The number of carbonyl (C=O) groups excluding carboxylic acids is 1. The van der Waals surface area contributed by atoms with Crippen LogP contribution in [0, 0.1) is 18.3 Å². The molecule has 0 bridgehead atoms. The molecule has 1 aromatic rings. The van der Waals surface area contributed by atoms with E-state index in [9.17, 15) is 4.79 Å². The van der Waals surface area contributed by atoms with Crippen LogP contribution in [0.4, 0.5) is 0 Å². The Morgan fingerprint density at radius 1 is 1.24 bits per heavy atom. The molecule has 0 spiro atoms. The van der Waals surface area contributed by atoms with Crippen molar-refractivity contribution in [1.29, 1.82) is 0 Å². The highest BCUT2D eigenvalue weighted by Gasteiger charge is 2.30. The number of nitrogens with one attached hydrogen (secondary N) is 1. The van der Waals surface area contributed by atoms with Crippen LogP contribution in [-0.4, -0.2) is 11.9 Å². The second-order valence-corrected chi connectivity index (χ2v) is 6.87. The summed E-state index contributed by atoms with van der Waals surface area (Å²) >= 11 is 0. The highest BCUT2D eigenvalue weighted by Crippen LogP contribution is 2.33. The number of hydrogen-bond donors (Lipinski definition) is 2. The minimum absolute atomic E-state index is 0. The fraction of sp³-hybridized carbons (Fsp3) is 0.588. The van der Waals surface area contributed by atoms with E-state index < -0.39 is 0 Å². The number of nitrogens with two attached hydrogens (primary N) is 1. The summed E-state index contributed by atoms with van der Waals surface area (Å²) < 4.78 is 0. The summed E-state index contributed by atoms with van der Waals surface area (Å²) in [7, 11) is 0. The van der Waals surface area contributed by atoms with Crippen molar-refractivity contribution < 1.29 is 4.79 Å². The zero-order valence-corrected chi connectivity index (χ0v) is 14.8. The summed E-state index contributed by atoms with van der Waals surface area (Å²) in [5.74, 6) is -0.175. The minimum atomic E-state index is -0.190. The molecule has 3 N–H and O–H groups in total. The van der Waals surface area contributed by atoms with Crippen molar-refractivity contribution in [3.63, 3.8) is 0 Å². The summed E-state index contributed by atoms with van der Waals surface area (Å²) in [6, 6.07) is 8.14. The molecule has 4 heteroatoms. The second-order valence-electron chi connectivity index (χ2n) is 6.87. The summed E-state index contributed by atoms with van der Waals surface area (Å²) in [6.07, 6.45) is 0. The topological polar surface area (TPSA) is 55.1 Å². The molecule has 0 aliphatic carbocycles. The second kappa shape index (κ2) is 7.81. The zero-order chi connectivity index (χ0) is 15.5. The van der Waals surface area contributed by atoms with Gasteiger partial charge in [0.2, 0.25) is 5.91 Å². The highest BCUT2D eigenvalue weighted by molar-refractivity contribution is 5.85. The van der Waals surface area contributed by atoms with Gasteiger partial charge in [-0.15, -0.1) is 12.4 Å². The monoisotopic (exact) mass is 312 g/mol. The number of benzene rings is 1. The van der Waals surface area contributed by atoms with E-state index in [1.165, 1.54) is 5.56 Å². The lowest BCUT2D eigenvalue weighted by Gasteiger charge is -2.33. The molecule has 0 aliphatic heterocycles. The van der Waals surface area contributed by atoms with Gasteiger partial charge in [0.15, 0.2) is 0 Å². The largest absolute Gasteiger partial charge is 0.348 e. The Labute approximate surface area is 135 Å². The molecule has 120 valence electrons. The van der Waals surface area contributed by atoms with Crippen molar-refractivity contribution in [3.8, 4) is 0 Å². The van der Waals surface area contributed by atoms with Crippen LogP contribution in [0.1, 0.15) is 51.8 Å². The number of amides is 1. The van der Waals surface area contributed by atoms with E-state index in [1.807, 2.05) is 19.9 Å². The van der Waals surface area contributed by atoms with Crippen molar-refractivity contribution >= 4 is 18.3 Å². The fourth-order valence-corrected chi connectivity index (χ4v) is 2.16. The van der Waals surface area contributed by atoms with Crippen LogP contribution in [0.25, 0.3) is 0 Å². The van der Waals surface area contributed by atoms with Gasteiger partial charge in [-0.1, -0.05) is 57.5 Å². The molecule has 0 aliphatic rings. The van der Waals surface area contributed by atoms with Crippen LogP contribution in [-0.2, 0) is 4.79 Å². The Kier molecular flexibility index (Phi) is 7.41. The lowest BCUT2D eigenvalue weighted by Crippen LogP contribution is -2.43. The Hall–Kier alpha value is -1.06. The van der Waals surface area contributed by atoms with Crippen molar-refractivity contribution in [1.82, 2.24) is 5.32 Å². The molecule has 1 aromatic carbocycles. The van der Waals surface area contributed by atoms with Crippen molar-refractivity contribution in [2.24, 2.45) is 17.1 Å². The molecule has 1 rings (SSSR count). The maximum atomic E-state index is 12.3. The molecule has 0 aromatic heterocycles. The maximum Gasteiger partial charge on any atom is 0.224 e. The zero-order valence-electron chi connectivity index (χ0n) is 13.9. The summed E-state index contributed by atoms with van der Waals surface area (Å²) in [5, 5.41) is 3.16. The van der Waals surface area contributed by atoms with Crippen LogP contribution >= 0.6 is 12.4 Å². The first-order chi connectivity index (χ1) is 9.12. The number of halogens is 1. The third kappa shape index (κ3) is 5.68. The number of rotatable bonds is 4. The van der Waals surface area contributed by atoms with E-state index >= 15 is 0 Å². The van der Waals surface area contributed by atoms with Gasteiger partial charge in [0.1, 0.15) is 0 Å². The van der Waals surface area contributed by atoms with Crippen LogP contribution in [0.2, 0.25) is 0 Å². The smallest absolute Gasteiger partial charge is 0.224 e. The van der Waals surface area contributed by atoms with E-state index in [-0.39, 0.29) is 41.7 Å². The molecule has 21 heavy (non-hydrogen) atoms. The van der Waals surface area contributed by atoms with E-state index in [1.54, 1.807) is 0 Å². The molecule has 0 saturated heterocycles. The molecule has 0 saturated carbocycles. The Morgan fingerprint density at radius 3 is 2.24 bits per heavy atom. The standard InChI is InChI=1S/C17H28N2O.ClH/c1-11-8-7-9-14(10-11)15(17(4,5)6)19-16(20)12(2)13(3)18;/h7-10,12-13,15H,18H2,1-6H3,(H,19,20);1H. The van der Waals surface area contributed by atoms with Crippen LogP contribution in [0.15, 0.2) is 24.3 Å². The predicted octanol–water partition coefficient (Wildman–Crippen LogP) is 3.60. The van der Waals surface area contributed by atoms with Gasteiger partial charge >= 0.3 is 0 Å². The van der Waals surface area contributed by atoms with Gasteiger partial charge in [0, 0.05) is 12.0 Å². The van der Waals surface area contributed by atoms with Gasteiger partial charge in [-0.05, 0) is 24.8 Å². The average Bonchev–Trinajstić information content (AvgIpc) is 2.33. The molecule has 3 unspecified atom stereocenters. The highest BCUT2D eigenvalue weighted by atomic mass is 35.5. The Morgan fingerprint density at radius 2 is 1.81 bits per heavy atom. The van der Waals surface area contributed by atoms with Gasteiger partial charge < -0.3 is 11.1 Å². The van der Waals surface area contributed by atoms with Crippen LogP contribution < -0.4 is 11.1 Å². The van der Waals surface area contributed by atoms with Gasteiger partial charge in [-0.3, -0.25) is 4.79 Å². The molecular formula is C17H29ClN2O. The Bertz CT molecular complexity index is 466. The van der Waals surface area contributed by atoms with E-state index in [4.69, 9.17) is 5.73 Å². The lowest BCUT2D eigenvalue weighted by atomic mass is 9.81. The van der Waals surface area contributed by atoms with Gasteiger partial charge in [-0.2, -0.15) is 0 Å². The first kappa shape index (κ1) is 19.9. The van der Waals surface area contributed by atoms with E-state index in [0.29, 0.717) is 0 Å². The molecule has 1 amide bonds. The SMILES string of the molecule is Cc1cccc(C(NC(=O)C(C)C(C)N)C(C)(C)C)c1.Cl. The van der Waals surface area contributed by atoms with Gasteiger partial charge in [-0.25, -0.2) is 0 Å². The molecule has 0 heterocycles. The first-order valence-electron chi connectivity index (χ1n) is 7.25. The minimum Gasteiger partial charge on any atom is -0.348 e. The normalized spacial score (nSPS) is 15.6. The van der Waals surface area contributed by atoms with Gasteiger partial charge in [0.05, 0.1) is 6.04 Å². The third-order valence-electron chi connectivity index (χ3n) is 3.73. The predicted molar refractivity (Wildman–Crippen MR) is 91.6 cm³/mol. The fourth-order valence-electron chi connectivity index (χ4n) is 2.16. The van der Waals surface area contributed by atoms with Crippen LogP contribution in [0.5, 0.6) is 0 Å². The lowest BCUT2D eigenvalue weighted by molar-refractivity contribution is -0.126. The number of aryl methyl sites for hydroxylation is 1. The average molecular weight is 313 g/mol. The number of hydrogen-bond acceptors (Lipinski definition) is 2. The quantitative estimate of drug-likeness (QED) is 0.892. The van der Waals surface area contributed by atoms with E-state index in [2.05, 4.69) is 51.2 Å². The summed E-state index contributed by atoms with van der Waals surface area (Å²) in [5.41, 5.74) is 8.11. The molecular weight excluding hydrogens is 284 g/mol. The van der Waals surface area contributed by atoms with Crippen molar-refractivity contribution in [3.05, 3.63) is 35.4 Å². The summed E-state index contributed by atoms with van der Waals surface area (Å²) in [6.45, 7) is 12.2. The maximum absolute atomic E-state index is 12.3. The first-order valence-corrected chi connectivity index (χ1v) is 7.25. The molecule has 3 atom stereocenters. The van der Waals surface area contributed by atoms with Crippen LogP contribution in [0.3, 0.4) is 0 Å². The van der Waals surface area contributed by atoms with E-state index in [0.717, 1.165) is 5.56 Å². The Balaban J connectivity index is 0.00000400. The summed E-state index contributed by atoms with van der Waals surface area (Å²) in [4.78, 5) is 12.3. The van der Waals surface area contributed by atoms with Crippen molar-refractivity contribution in [2.45, 2.75) is 53.6 Å². The van der Waals surface area contributed by atoms with Crippen molar-refractivity contribution in [2.75, 3.05) is 0 Å². The molecule has 0 fully saturated rings. The number of carbonyl (C=O) groups is 1. The van der Waals surface area contributed by atoms with Gasteiger partial charge in [0.25, 0.3) is 0 Å². The molecule has 3 nitrogen and oxygen atoms in total. The molecule has 0 radical (unpaired) electrons.